The Morgan fingerprint density at radius 1 is 1.32 bits per heavy atom. The third-order valence-corrected chi connectivity index (χ3v) is 4.02. The van der Waals surface area contributed by atoms with Crippen LogP contribution >= 0.6 is 0 Å². The Hall–Kier alpha value is -1.66. The summed E-state index contributed by atoms with van der Waals surface area (Å²) in [6.07, 6.45) is 10.2. The predicted molar refractivity (Wildman–Crippen MR) is 84.4 cm³/mol. The SMILES string of the molecule is CCCn1ccnc1CN1CCCO[C@@H](Cn2cccn2)C1. The fourth-order valence-electron chi connectivity index (χ4n) is 2.98. The second-order valence-electron chi connectivity index (χ2n) is 5.85. The van der Waals surface area contributed by atoms with Gasteiger partial charge in [0.2, 0.25) is 0 Å². The molecule has 3 heterocycles. The van der Waals surface area contributed by atoms with Gasteiger partial charge in [-0.1, -0.05) is 6.92 Å². The van der Waals surface area contributed by atoms with E-state index in [0.29, 0.717) is 0 Å². The highest BCUT2D eigenvalue weighted by Crippen LogP contribution is 2.12. The van der Waals surface area contributed by atoms with Crippen LogP contribution in [-0.2, 0) is 24.4 Å². The van der Waals surface area contributed by atoms with E-state index >= 15 is 0 Å². The molecule has 0 radical (unpaired) electrons. The van der Waals surface area contributed by atoms with Crippen LogP contribution in [0, 0.1) is 0 Å². The number of rotatable bonds is 6. The van der Waals surface area contributed by atoms with Crippen LogP contribution in [0.5, 0.6) is 0 Å². The van der Waals surface area contributed by atoms with Gasteiger partial charge in [0.1, 0.15) is 5.82 Å². The monoisotopic (exact) mass is 303 g/mol. The largest absolute Gasteiger partial charge is 0.375 e. The highest BCUT2D eigenvalue weighted by Gasteiger charge is 2.20. The van der Waals surface area contributed by atoms with Crippen molar-refractivity contribution in [2.24, 2.45) is 0 Å². The first-order valence-corrected chi connectivity index (χ1v) is 8.16. The smallest absolute Gasteiger partial charge is 0.122 e. The van der Waals surface area contributed by atoms with E-state index in [4.69, 9.17) is 4.74 Å². The van der Waals surface area contributed by atoms with Gasteiger partial charge < -0.3 is 9.30 Å². The maximum Gasteiger partial charge on any atom is 0.122 e. The fourth-order valence-corrected chi connectivity index (χ4v) is 2.98. The van der Waals surface area contributed by atoms with Crippen molar-refractivity contribution >= 4 is 0 Å². The van der Waals surface area contributed by atoms with Crippen molar-refractivity contribution in [3.63, 3.8) is 0 Å². The van der Waals surface area contributed by atoms with E-state index in [-0.39, 0.29) is 6.10 Å². The summed E-state index contributed by atoms with van der Waals surface area (Å²) in [4.78, 5) is 6.98. The Labute approximate surface area is 131 Å². The van der Waals surface area contributed by atoms with Gasteiger partial charge in [-0.05, 0) is 18.9 Å². The zero-order valence-electron chi connectivity index (χ0n) is 13.3. The number of hydrogen-bond acceptors (Lipinski definition) is 4. The lowest BCUT2D eigenvalue weighted by Gasteiger charge is -2.23. The fraction of sp³-hybridized carbons (Fsp3) is 0.625. The molecule has 1 aliphatic heterocycles. The average molecular weight is 303 g/mol. The van der Waals surface area contributed by atoms with Crippen LogP contribution in [0.2, 0.25) is 0 Å². The zero-order chi connectivity index (χ0) is 15.2. The van der Waals surface area contributed by atoms with Crippen LogP contribution in [0.15, 0.2) is 30.9 Å². The molecule has 120 valence electrons. The number of nitrogens with zero attached hydrogens (tertiary/aromatic N) is 5. The van der Waals surface area contributed by atoms with Gasteiger partial charge in [-0.3, -0.25) is 9.58 Å². The van der Waals surface area contributed by atoms with E-state index in [2.05, 4.69) is 32.7 Å². The maximum absolute atomic E-state index is 5.97. The summed E-state index contributed by atoms with van der Waals surface area (Å²) in [5.74, 6) is 1.15. The van der Waals surface area contributed by atoms with E-state index in [1.54, 1.807) is 0 Å². The Morgan fingerprint density at radius 3 is 3.09 bits per heavy atom. The molecule has 1 saturated heterocycles. The summed E-state index contributed by atoms with van der Waals surface area (Å²) >= 11 is 0. The Bertz CT molecular complexity index is 551. The minimum atomic E-state index is 0.192. The van der Waals surface area contributed by atoms with E-state index in [9.17, 15) is 0 Å². The molecule has 0 spiro atoms. The number of ether oxygens (including phenoxy) is 1. The maximum atomic E-state index is 5.97. The predicted octanol–water partition coefficient (Wildman–Crippen LogP) is 1.78. The van der Waals surface area contributed by atoms with Crippen LogP contribution < -0.4 is 0 Å². The molecule has 0 aromatic carbocycles. The molecule has 0 unspecified atom stereocenters. The molecule has 0 aliphatic carbocycles. The molecule has 1 fully saturated rings. The standard InChI is InChI=1S/C16H25N5O/c1-2-7-20-10-6-17-16(20)14-19-8-4-11-22-15(12-19)13-21-9-3-5-18-21/h3,5-6,9-10,15H,2,4,7-8,11-14H2,1H3/t15-/m1/s1. The van der Waals surface area contributed by atoms with E-state index < -0.39 is 0 Å². The van der Waals surface area contributed by atoms with E-state index in [0.717, 1.165) is 58.0 Å². The van der Waals surface area contributed by atoms with Crippen LogP contribution in [0.3, 0.4) is 0 Å². The Balaban J connectivity index is 1.61. The minimum Gasteiger partial charge on any atom is -0.375 e. The summed E-state index contributed by atoms with van der Waals surface area (Å²) < 4.78 is 10.2. The molecule has 0 N–H and O–H groups in total. The summed E-state index contributed by atoms with van der Waals surface area (Å²) in [6.45, 7) is 7.76. The molecule has 22 heavy (non-hydrogen) atoms. The summed E-state index contributed by atoms with van der Waals surface area (Å²) in [7, 11) is 0. The first-order valence-electron chi connectivity index (χ1n) is 8.16. The lowest BCUT2D eigenvalue weighted by Crippen LogP contribution is -2.34. The summed E-state index contributed by atoms with van der Waals surface area (Å²) in [6, 6.07) is 1.95. The van der Waals surface area contributed by atoms with Gasteiger partial charge in [0.25, 0.3) is 0 Å². The topological polar surface area (TPSA) is 48.1 Å². The molecule has 0 amide bonds. The van der Waals surface area contributed by atoms with Gasteiger partial charge in [0.05, 0.1) is 19.2 Å². The van der Waals surface area contributed by atoms with Gasteiger partial charge in [-0.15, -0.1) is 0 Å². The van der Waals surface area contributed by atoms with Crippen LogP contribution in [0.4, 0.5) is 0 Å². The summed E-state index contributed by atoms with van der Waals surface area (Å²) in [5, 5.41) is 4.28. The molecule has 6 nitrogen and oxygen atoms in total. The number of aromatic nitrogens is 4. The molecular weight excluding hydrogens is 278 g/mol. The third-order valence-electron chi connectivity index (χ3n) is 4.02. The van der Waals surface area contributed by atoms with Crippen LogP contribution in [0.1, 0.15) is 25.6 Å². The lowest BCUT2D eigenvalue weighted by atomic mass is 10.3. The van der Waals surface area contributed by atoms with Crippen molar-refractivity contribution in [1.82, 2.24) is 24.2 Å². The Kier molecular flexibility index (Phi) is 5.24. The highest BCUT2D eigenvalue weighted by atomic mass is 16.5. The van der Waals surface area contributed by atoms with Crippen molar-refractivity contribution in [3.8, 4) is 0 Å². The third kappa shape index (κ3) is 3.96. The number of hydrogen-bond donors (Lipinski definition) is 0. The number of imidazole rings is 1. The van der Waals surface area contributed by atoms with Gasteiger partial charge in [-0.2, -0.15) is 5.10 Å². The normalized spacial score (nSPS) is 20.1. The molecule has 2 aromatic rings. The minimum absolute atomic E-state index is 0.192. The molecule has 6 heteroatoms. The molecule has 1 atom stereocenters. The van der Waals surface area contributed by atoms with Crippen molar-refractivity contribution < 1.29 is 4.74 Å². The molecule has 0 bridgehead atoms. The van der Waals surface area contributed by atoms with Gasteiger partial charge in [-0.25, -0.2) is 4.98 Å². The van der Waals surface area contributed by atoms with E-state index in [1.807, 2.05) is 29.3 Å². The number of aryl methyl sites for hydroxylation is 1. The highest BCUT2D eigenvalue weighted by molar-refractivity contribution is 4.93. The lowest BCUT2D eigenvalue weighted by molar-refractivity contribution is 0.0387. The molecule has 3 rings (SSSR count). The zero-order valence-corrected chi connectivity index (χ0v) is 13.3. The second-order valence-corrected chi connectivity index (χ2v) is 5.85. The molecular formula is C16H25N5O. The van der Waals surface area contributed by atoms with Crippen LogP contribution in [0.25, 0.3) is 0 Å². The summed E-state index contributed by atoms with van der Waals surface area (Å²) in [5.41, 5.74) is 0. The second kappa shape index (κ2) is 7.56. The molecule has 2 aromatic heterocycles. The first-order chi connectivity index (χ1) is 10.8. The van der Waals surface area contributed by atoms with Crippen LogP contribution in [-0.4, -0.2) is 50.0 Å². The van der Waals surface area contributed by atoms with Gasteiger partial charge in [0, 0.05) is 51.0 Å². The van der Waals surface area contributed by atoms with Crippen molar-refractivity contribution in [1.29, 1.82) is 0 Å². The first kappa shape index (κ1) is 15.2. The Morgan fingerprint density at radius 2 is 2.27 bits per heavy atom. The molecule has 0 saturated carbocycles. The van der Waals surface area contributed by atoms with Crippen molar-refractivity contribution in [2.75, 3.05) is 19.7 Å². The van der Waals surface area contributed by atoms with Gasteiger partial charge in [0.15, 0.2) is 0 Å². The van der Waals surface area contributed by atoms with E-state index in [1.165, 1.54) is 0 Å². The average Bonchev–Trinajstić information content (AvgIpc) is 3.11. The van der Waals surface area contributed by atoms with Crippen molar-refractivity contribution in [3.05, 3.63) is 36.7 Å². The van der Waals surface area contributed by atoms with Gasteiger partial charge >= 0.3 is 0 Å². The quantitative estimate of drug-likeness (QED) is 0.816. The van der Waals surface area contributed by atoms with Crippen molar-refractivity contribution in [2.45, 2.75) is 45.5 Å². The molecule has 1 aliphatic rings.